The van der Waals surface area contributed by atoms with Gasteiger partial charge in [0.15, 0.2) is 0 Å². The molecule has 0 unspecified atom stereocenters. The Kier molecular flexibility index (Phi) is 5.07. The molecule has 1 amide bonds. The first-order chi connectivity index (χ1) is 12.8. The third-order valence-electron chi connectivity index (χ3n) is 5.81. The van der Waals surface area contributed by atoms with E-state index in [9.17, 15) is 4.79 Å². The first kappa shape index (κ1) is 17.3. The first-order valence-corrected chi connectivity index (χ1v) is 9.88. The fourth-order valence-electron chi connectivity index (χ4n) is 4.35. The van der Waals surface area contributed by atoms with Crippen LogP contribution in [0.25, 0.3) is 0 Å². The maximum absolute atomic E-state index is 12.8. The maximum Gasteiger partial charge on any atom is 0.272 e. The average Bonchev–Trinajstić information content (AvgIpc) is 3.16. The van der Waals surface area contributed by atoms with Gasteiger partial charge < -0.3 is 4.90 Å². The van der Waals surface area contributed by atoms with Crippen LogP contribution in [-0.2, 0) is 19.4 Å². The summed E-state index contributed by atoms with van der Waals surface area (Å²) in [6.45, 7) is 6.48. The summed E-state index contributed by atoms with van der Waals surface area (Å²) in [5, 5.41) is 4.29. The van der Waals surface area contributed by atoms with Gasteiger partial charge in [-0.1, -0.05) is 31.2 Å². The molecule has 1 aromatic heterocycles. The lowest BCUT2D eigenvalue weighted by Crippen LogP contribution is -2.53. The van der Waals surface area contributed by atoms with Crippen LogP contribution in [0, 0.1) is 0 Å². The van der Waals surface area contributed by atoms with Gasteiger partial charge in [-0.2, -0.15) is 5.10 Å². The van der Waals surface area contributed by atoms with Crippen LogP contribution in [0.2, 0.25) is 0 Å². The number of carbonyl (C=O) groups excluding carboxylic acids is 1. The monoisotopic (exact) mass is 352 g/mol. The highest BCUT2D eigenvalue weighted by Crippen LogP contribution is 2.25. The molecule has 0 radical (unpaired) electrons. The minimum absolute atomic E-state index is 0.129. The number of nitrogens with zero attached hydrogens (tertiary/aromatic N) is 4. The van der Waals surface area contributed by atoms with E-state index in [4.69, 9.17) is 0 Å². The van der Waals surface area contributed by atoms with Gasteiger partial charge in [0.1, 0.15) is 5.69 Å². The van der Waals surface area contributed by atoms with Gasteiger partial charge in [-0.05, 0) is 42.9 Å². The van der Waals surface area contributed by atoms with E-state index >= 15 is 0 Å². The fraction of sp³-hybridized carbons (Fsp3) is 0.524. The zero-order valence-corrected chi connectivity index (χ0v) is 15.6. The van der Waals surface area contributed by atoms with Crippen molar-refractivity contribution in [1.29, 1.82) is 0 Å². The largest absolute Gasteiger partial charge is 0.335 e. The summed E-state index contributed by atoms with van der Waals surface area (Å²) in [5.41, 5.74) is 3.75. The van der Waals surface area contributed by atoms with Crippen LogP contribution in [0.1, 0.15) is 41.4 Å². The smallest absolute Gasteiger partial charge is 0.272 e. The van der Waals surface area contributed by atoms with Crippen molar-refractivity contribution in [2.45, 2.75) is 45.2 Å². The Hall–Kier alpha value is -2.14. The van der Waals surface area contributed by atoms with E-state index in [1.165, 1.54) is 24.0 Å². The minimum Gasteiger partial charge on any atom is -0.335 e. The van der Waals surface area contributed by atoms with Crippen LogP contribution in [0.15, 0.2) is 36.5 Å². The summed E-state index contributed by atoms with van der Waals surface area (Å²) < 4.78 is 1.84. The number of amides is 1. The number of hydrogen-bond acceptors (Lipinski definition) is 3. The Morgan fingerprint density at radius 3 is 2.65 bits per heavy atom. The van der Waals surface area contributed by atoms with Crippen molar-refractivity contribution < 1.29 is 4.79 Å². The highest BCUT2D eigenvalue weighted by molar-refractivity contribution is 5.92. The summed E-state index contributed by atoms with van der Waals surface area (Å²) in [7, 11) is 0. The molecule has 5 heteroatoms. The van der Waals surface area contributed by atoms with Gasteiger partial charge >= 0.3 is 0 Å². The Morgan fingerprint density at radius 1 is 1.12 bits per heavy atom. The summed E-state index contributed by atoms with van der Waals surface area (Å²) in [6, 6.07) is 11.3. The molecule has 1 atom stereocenters. The number of aryl methyl sites for hydroxylation is 2. The van der Waals surface area contributed by atoms with Crippen molar-refractivity contribution in [3.8, 4) is 0 Å². The van der Waals surface area contributed by atoms with E-state index in [1.54, 1.807) is 6.20 Å². The summed E-state index contributed by atoms with van der Waals surface area (Å²) in [6.07, 6.45) is 6.27. The second-order valence-corrected chi connectivity index (χ2v) is 7.43. The standard InChI is InChI=1S/C21H28N4O/c1-2-11-25-20(9-10-22-25)21(26)24-14-12-23(13-15-24)19-8-7-17-5-3-4-6-18(17)16-19/h3-6,9-10,19H,2,7-8,11-16H2,1H3/t19-/m1/s1. The van der Waals surface area contributed by atoms with E-state index < -0.39 is 0 Å². The van der Waals surface area contributed by atoms with Gasteiger partial charge in [0.25, 0.3) is 5.91 Å². The van der Waals surface area contributed by atoms with E-state index in [1.807, 2.05) is 15.6 Å². The molecule has 0 N–H and O–H groups in total. The lowest BCUT2D eigenvalue weighted by atomic mass is 9.87. The molecule has 26 heavy (non-hydrogen) atoms. The van der Waals surface area contributed by atoms with Crippen LogP contribution < -0.4 is 0 Å². The molecular formula is C21H28N4O. The number of aromatic nitrogens is 2. The van der Waals surface area contributed by atoms with Crippen LogP contribution in [0.4, 0.5) is 0 Å². The number of carbonyl (C=O) groups is 1. The Labute approximate surface area is 155 Å². The average molecular weight is 352 g/mol. The lowest BCUT2D eigenvalue weighted by molar-refractivity contribution is 0.0542. The molecule has 0 spiro atoms. The predicted octanol–water partition coefficient (Wildman–Crippen LogP) is 2.61. The SMILES string of the molecule is CCCn1nccc1C(=O)N1CCN([C@@H]2CCc3ccccc3C2)CC1. The van der Waals surface area contributed by atoms with E-state index in [0.29, 0.717) is 6.04 Å². The first-order valence-electron chi connectivity index (χ1n) is 9.88. The summed E-state index contributed by atoms with van der Waals surface area (Å²) >= 11 is 0. The van der Waals surface area contributed by atoms with E-state index in [0.717, 1.165) is 51.3 Å². The maximum atomic E-state index is 12.8. The van der Waals surface area contributed by atoms with Crippen LogP contribution in [0.3, 0.4) is 0 Å². The molecule has 5 nitrogen and oxygen atoms in total. The van der Waals surface area contributed by atoms with Crippen LogP contribution in [0.5, 0.6) is 0 Å². The number of fused-ring (bicyclic) bond motifs is 1. The van der Waals surface area contributed by atoms with Crippen LogP contribution in [-0.4, -0.2) is 57.7 Å². The fourth-order valence-corrected chi connectivity index (χ4v) is 4.35. The molecule has 1 saturated heterocycles. The molecule has 1 fully saturated rings. The molecule has 2 heterocycles. The molecule has 138 valence electrons. The zero-order valence-electron chi connectivity index (χ0n) is 15.6. The zero-order chi connectivity index (χ0) is 17.9. The molecule has 4 rings (SSSR count). The van der Waals surface area contributed by atoms with Gasteiger partial charge in [-0.25, -0.2) is 0 Å². The molecule has 1 aromatic carbocycles. The highest BCUT2D eigenvalue weighted by atomic mass is 16.2. The van der Waals surface area contributed by atoms with Crippen molar-refractivity contribution >= 4 is 5.91 Å². The second kappa shape index (κ2) is 7.62. The van der Waals surface area contributed by atoms with Crippen molar-refractivity contribution in [3.63, 3.8) is 0 Å². The van der Waals surface area contributed by atoms with Crippen molar-refractivity contribution in [2.24, 2.45) is 0 Å². The van der Waals surface area contributed by atoms with E-state index in [-0.39, 0.29) is 5.91 Å². The Balaban J connectivity index is 1.36. The third kappa shape index (κ3) is 3.40. The van der Waals surface area contributed by atoms with Crippen molar-refractivity contribution in [3.05, 3.63) is 53.3 Å². The molecule has 0 saturated carbocycles. The number of hydrogen-bond donors (Lipinski definition) is 0. The summed E-state index contributed by atoms with van der Waals surface area (Å²) in [4.78, 5) is 17.4. The highest BCUT2D eigenvalue weighted by Gasteiger charge is 2.29. The lowest BCUT2D eigenvalue weighted by Gasteiger charge is -2.41. The van der Waals surface area contributed by atoms with Gasteiger partial charge in [-0.3, -0.25) is 14.4 Å². The van der Waals surface area contributed by atoms with Gasteiger partial charge in [0.2, 0.25) is 0 Å². The molecule has 0 bridgehead atoms. The molecular weight excluding hydrogens is 324 g/mol. The van der Waals surface area contributed by atoms with Crippen molar-refractivity contribution in [2.75, 3.05) is 26.2 Å². The quantitative estimate of drug-likeness (QED) is 0.849. The number of rotatable bonds is 4. The second-order valence-electron chi connectivity index (χ2n) is 7.43. The molecule has 2 aliphatic rings. The number of piperazine rings is 1. The van der Waals surface area contributed by atoms with Gasteiger partial charge in [0, 0.05) is 45.0 Å². The Bertz CT molecular complexity index is 761. The Morgan fingerprint density at radius 2 is 1.88 bits per heavy atom. The topological polar surface area (TPSA) is 41.4 Å². The molecule has 1 aliphatic carbocycles. The van der Waals surface area contributed by atoms with Crippen LogP contribution >= 0.6 is 0 Å². The predicted molar refractivity (Wildman–Crippen MR) is 102 cm³/mol. The molecule has 1 aliphatic heterocycles. The van der Waals surface area contributed by atoms with Gasteiger partial charge in [0.05, 0.1) is 0 Å². The summed E-state index contributed by atoms with van der Waals surface area (Å²) in [5.74, 6) is 0.129. The van der Waals surface area contributed by atoms with E-state index in [2.05, 4.69) is 41.2 Å². The normalized spacial score (nSPS) is 20.8. The van der Waals surface area contributed by atoms with Crippen molar-refractivity contribution in [1.82, 2.24) is 19.6 Å². The minimum atomic E-state index is 0.129. The van der Waals surface area contributed by atoms with Gasteiger partial charge in [-0.15, -0.1) is 0 Å². The number of benzene rings is 1. The third-order valence-corrected chi connectivity index (χ3v) is 5.81. The molecule has 2 aromatic rings.